The maximum absolute atomic E-state index is 6.04. The Morgan fingerprint density at radius 2 is 2.00 bits per heavy atom. The molecule has 1 aliphatic heterocycles. The van der Waals surface area contributed by atoms with Crippen LogP contribution >= 0.6 is 15.9 Å². The van der Waals surface area contributed by atoms with Gasteiger partial charge >= 0.3 is 0 Å². The maximum atomic E-state index is 6.04. The van der Waals surface area contributed by atoms with E-state index in [4.69, 9.17) is 5.73 Å². The van der Waals surface area contributed by atoms with Gasteiger partial charge < -0.3 is 15.5 Å². The van der Waals surface area contributed by atoms with Gasteiger partial charge in [0.1, 0.15) is 0 Å². The summed E-state index contributed by atoms with van der Waals surface area (Å²) in [5.41, 5.74) is 7.33. The monoisotopic (exact) mass is 352 g/mol. The molecule has 1 aliphatic rings. The summed E-state index contributed by atoms with van der Waals surface area (Å²) < 4.78 is 1.12. The molecule has 1 atom stereocenters. The number of hydrogen-bond donors (Lipinski definition) is 1. The average molecular weight is 353 g/mol. The number of nitrogens with two attached hydrogens (primary N) is 1. The first-order valence-electron chi connectivity index (χ1n) is 7.69. The van der Waals surface area contributed by atoms with Crippen LogP contribution in [0.3, 0.4) is 0 Å². The summed E-state index contributed by atoms with van der Waals surface area (Å²) >= 11 is 3.48. The van der Waals surface area contributed by atoms with E-state index in [-0.39, 0.29) is 0 Å². The molecule has 2 rings (SSSR count). The summed E-state index contributed by atoms with van der Waals surface area (Å²) in [7, 11) is 0. The number of rotatable bonds is 5. The molecule has 0 bridgehead atoms. The second-order valence-electron chi connectivity index (χ2n) is 5.45. The zero-order chi connectivity index (χ0) is 15.2. The highest BCUT2D eigenvalue weighted by molar-refractivity contribution is 9.10. The van der Waals surface area contributed by atoms with Gasteiger partial charge in [0.05, 0.1) is 0 Å². The quantitative estimate of drug-likeness (QED) is 0.654. The second kappa shape index (κ2) is 7.69. The Kier molecular flexibility index (Phi) is 5.91. The van der Waals surface area contributed by atoms with E-state index in [1.807, 2.05) is 0 Å². The lowest BCUT2D eigenvalue weighted by Crippen LogP contribution is -2.37. The molecule has 0 radical (unpaired) electrons. The van der Waals surface area contributed by atoms with Crippen LogP contribution in [0.2, 0.25) is 0 Å². The first kappa shape index (κ1) is 16.1. The average Bonchev–Trinajstić information content (AvgIpc) is 2.96. The van der Waals surface area contributed by atoms with Crippen molar-refractivity contribution >= 4 is 27.6 Å². The van der Waals surface area contributed by atoms with Crippen LogP contribution in [0.4, 0.5) is 5.69 Å². The van der Waals surface area contributed by atoms with Crippen LogP contribution in [0.5, 0.6) is 0 Å². The highest BCUT2D eigenvalue weighted by Gasteiger charge is 2.22. The molecule has 1 fully saturated rings. The van der Waals surface area contributed by atoms with E-state index >= 15 is 0 Å². The Morgan fingerprint density at radius 1 is 1.33 bits per heavy atom. The smallest absolute Gasteiger partial charge is 0.191 e. The third-order valence-electron chi connectivity index (χ3n) is 4.08. The molecule has 0 aromatic heterocycles. The Hall–Kier alpha value is -1.23. The minimum atomic E-state index is 0.600. The first-order chi connectivity index (χ1) is 10.1. The molecular formula is C16H25BrN4. The number of benzene rings is 1. The number of halogens is 1. The van der Waals surface area contributed by atoms with Crippen molar-refractivity contribution < 1.29 is 0 Å². The summed E-state index contributed by atoms with van der Waals surface area (Å²) in [5.74, 6) is 1.28. The molecule has 0 amide bonds. The van der Waals surface area contributed by atoms with Crippen molar-refractivity contribution in [1.29, 1.82) is 0 Å². The largest absolute Gasteiger partial charge is 0.371 e. The standard InChI is InChI=1S/C16H25BrN4/c1-3-20(4-2)16(18)19-11-13-9-10-21(12-13)15-7-5-14(17)6-8-15/h5-8,13H,3-4,9-12H2,1-2H3,(H2,18,19). The number of hydrogen-bond acceptors (Lipinski definition) is 2. The van der Waals surface area contributed by atoms with E-state index in [1.165, 1.54) is 12.1 Å². The Balaban J connectivity index is 1.88. The van der Waals surface area contributed by atoms with Crippen molar-refractivity contribution in [3.8, 4) is 0 Å². The molecule has 1 aromatic carbocycles. The number of aliphatic imine (C=N–C) groups is 1. The molecule has 1 unspecified atom stereocenters. The van der Waals surface area contributed by atoms with E-state index in [0.29, 0.717) is 11.9 Å². The molecule has 2 N–H and O–H groups in total. The van der Waals surface area contributed by atoms with Crippen molar-refractivity contribution in [3.05, 3.63) is 28.7 Å². The number of anilines is 1. The summed E-state index contributed by atoms with van der Waals surface area (Å²) in [5, 5.41) is 0. The number of nitrogens with zero attached hydrogens (tertiary/aromatic N) is 3. The maximum Gasteiger partial charge on any atom is 0.191 e. The number of guanidine groups is 1. The van der Waals surface area contributed by atoms with Gasteiger partial charge in [-0.3, -0.25) is 4.99 Å². The van der Waals surface area contributed by atoms with Gasteiger partial charge in [-0.05, 0) is 50.5 Å². The SMILES string of the molecule is CCN(CC)C(N)=NCC1CCN(c2ccc(Br)cc2)C1. The van der Waals surface area contributed by atoms with Gasteiger partial charge in [0.15, 0.2) is 5.96 Å². The van der Waals surface area contributed by atoms with Crippen LogP contribution in [-0.2, 0) is 0 Å². The van der Waals surface area contributed by atoms with Gasteiger partial charge in [-0.25, -0.2) is 0 Å². The van der Waals surface area contributed by atoms with Gasteiger partial charge in [0, 0.05) is 42.9 Å². The van der Waals surface area contributed by atoms with Crippen molar-refractivity contribution in [2.75, 3.05) is 37.6 Å². The fourth-order valence-electron chi connectivity index (χ4n) is 2.74. The summed E-state index contributed by atoms with van der Waals surface area (Å²) in [6, 6.07) is 8.53. The lowest BCUT2D eigenvalue weighted by atomic mass is 10.1. The molecule has 0 spiro atoms. The van der Waals surface area contributed by atoms with Gasteiger partial charge in [-0.15, -0.1) is 0 Å². The molecule has 1 heterocycles. The Bertz CT molecular complexity index is 468. The van der Waals surface area contributed by atoms with Gasteiger partial charge in [-0.1, -0.05) is 15.9 Å². The predicted molar refractivity (Wildman–Crippen MR) is 93.9 cm³/mol. The van der Waals surface area contributed by atoms with E-state index < -0.39 is 0 Å². The third-order valence-corrected chi connectivity index (χ3v) is 4.61. The summed E-state index contributed by atoms with van der Waals surface area (Å²) in [6.45, 7) is 9.05. The summed E-state index contributed by atoms with van der Waals surface area (Å²) in [4.78, 5) is 9.11. The van der Waals surface area contributed by atoms with Crippen molar-refractivity contribution in [1.82, 2.24) is 4.90 Å². The highest BCUT2D eigenvalue weighted by atomic mass is 79.9. The fraction of sp³-hybridized carbons (Fsp3) is 0.562. The predicted octanol–water partition coefficient (Wildman–Crippen LogP) is 2.93. The van der Waals surface area contributed by atoms with Crippen molar-refractivity contribution in [3.63, 3.8) is 0 Å². The van der Waals surface area contributed by atoms with Crippen LogP contribution in [-0.4, -0.2) is 43.6 Å². The van der Waals surface area contributed by atoms with Gasteiger partial charge in [-0.2, -0.15) is 0 Å². The molecule has 4 nitrogen and oxygen atoms in total. The molecular weight excluding hydrogens is 328 g/mol. The lowest BCUT2D eigenvalue weighted by Gasteiger charge is -2.20. The zero-order valence-electron chi connectivity index (χ0n) is 12.9. The van der Waals surface area contributed by atoms with Crippen LogP contribution < -0.4 is 10.6 Å². The van der Waals surface area contributed by atoms with E-state index in [9.17, 15) is 0 Å². The Labute approximate surface area is 136 Å². The zero-order valence-corrected chi connectivity index (χ0v) is 14.5. The molecule has 1 aromatic rings. The molecule has 5 heteroatoms. The minimum absolute atomic E-state index is 0.600. The molecule has 116 valence electrons. The molecule has 0 aliphatic carbocycles. The summed E-state index contributed by atoms with van der Waals surface area (Å²) in [6.07, 6.45) is 1.19. The van der Waals surface area contributed by atoms with E-state index in [0.717, 1.165) is 37.2 Å². The van der Waals surface area contributed by atoms with Gasteiger partial charge in [0.2, 0.25) is 0 Å². The van der Waals surface area contributed by atoms with E-state index in [1.54, 1.807) is 0 Å². The van der Waals surface area contributed by atoms with Crippen LogP contribution in [0.15, 0.2) is 33.7 Å². The lowest BCUT2D eigenvalue weighted by molar-refractivity contribution is 0.455. The normalized spacial score (nSPS) is 19.1. The highest BCUT2D eigenvalue weighted by Crippen LogP contribution is 2.25. The van der Waals surface area contributed by atoms with Crippen LogP contribution in [0.25, 0.3) is 0 Å². The van der Waals surface area contributed by atoms with Gasteiger partial charge in [0.25, 0.3) is 0 Å². The molecule has 1 saturated heterocycles. The minimum Gasteiger partial charge on any atom is -0.371 e. The first-order valence-corrected chi connectivity index (χ1v) is 8.48. The topological polar surface area (TPSA) is 44.9 Å². The molecule has 0 saturated carbocycles. The van der Waals surface area contributed by atoms with Crippen molar-refractivity contribution in [2.45, 2.75) is 20.3 Å². The van der Waals surface area contributed by atoms with Crippen LogP contribution in [0, 0.1) is 5.92 Å². The third kappa shape index (κ3) is 4.37. The fourth-order valence-corrected chi connectivity index (χ4v) is 3.00. The Morgan fingerprint density at radius 3 is 2.62 bits per heavy atom. The van der Waals surface area contributed by atoms with Crippen LogP contribution in [0.1, 0.15) is 20.3 Å². The second-order valence-corrected chi connectivity index (χ2v) is 6.36. The van der Waals surface area contributed by atoms with Crippen molar-refractivity contribution in [2.24, 2.45) is 16.6 Å². The molecule has 21 heavy (non-hydrogen) atoms. The van der Waals surface area contributed by atoms with E-state index in [2.05, 4.69) is 68.8 Å².